The second kappa shape index (κ2) is 3.41. The Kier molecular flexibility index (Phi) is 2.05. The van der Waals surface area contributed by atoms with Crippen LogP contribution >= 0.6 is 0 Å². The Morgan fingerprint density at radius 3 is 2.93 bits per heavy atom. The Morgan fingerprint density at radius 2 is 2.13 bits per heavy atom. The molecule has 15 heavy (non-hydrogen) atoms. The molecule has 1 N–H and O–H groups in total. The smallest absolute Gasteiger partial charge is 0.0456 e. The second-order valence-electron chi connectivity index (χ2n) is 4.87. The van der Waals surface area contributed by atoms with Crippen molar-refractivity contribution in [3.63, 3.8) is 0 Å². The zero-order chi connectivity index (χ0) is 10.3. The fourth-order valence-corrected chi connectivity index (χ4v) is 2.48. The largest absolute Gasteiger partial charge is 0.361 e. The van der Waals surface area contributed by atoms with E-state index in [-0.39, 0.29) is 0 Å². The van der Waals surface area contributed by atoms with Crippen LogP contribution in [0, 0.1) is 11.8 Å². The lowest BCUT2D eigenvalue weighted by atomic mass is 10.1. The first-order chi connectivity index (χ1) is 7.34. The van der Waals surface area contributed by atoms with Gasteiger partial charge < -0.3 is 4.98 Å². The van der Waals surface area contributed by atoms with Gasteiger partial charge in [0.25, 0.3) is 0 Å². The minimum atomic E-state index is 0.982. The highest BCUT2D eigenvalue weighted by Crippen LogP contribution is 2.41. The minimum Gasteiger partial charge on any atom is -0.361 e. The summed E-state index contributed by atoms with van der Waals surface area (Å²) >= 11 is 0. The van der Waals surface area contributed by atoms with Gasteiger partial charge in [0.05, 0.1) is 0 Å². The topological polar surface area (TPSA) is 15.8 Å². The number of nitrogens with one attached hydrogen (secondary N) is 1. The Morgan fingerprint density at radius 1 is 1.33 bits per heavy atom. The van der Waals surface area contributed by atoms with Gasteiger partial charge in [0, 0.05) is 17.1 Å². The number of aryl methyl sites for hydroxylation is 1. The zero-order valence-electron chi connectivity index (χ0n) is 9.16. The molecule has 0 amide bonds. The Labute approximate surface area is 90.5 Å². The first kappa shape index (κ1) is 9.02. The summed E-state index contributed by atoms with van der Waals surface area (Å²) in [4.78, 5) is 3.34. The molecule has 1 saturated carbocycles. The summed E-state index contributed by atoms with van der Waals surface area (Å²) in [5.74, 6) is 1.98. The molecule has 0 saturated heterocycles. The minimum absolute atomic E-state index is 0.982. The average Bonchev–Trinajstić information content (AvgIpc) is 2.81. The summed E-state index contributed by atoms with van der Waals surface area (Å²) in [5.41, 5.74) is 2.76. The van der Waals surface area contributed by atoms with Crippen LogP contribution in [0.5, 0.6) is 0 Å². The molecule has 1 heteroatoms. The Bertz CT molecular complexity index is 469. The van der Waals surface area contributed by atoms with Gasteiger partial charge in [-0.05, 0) is 42.7 Å². The van der Waals surface area contributed by atoms with Gasteiger partial charge in [0.1, 0.15) is 0 Å². The summed E-state index contributed by atoms with van der Waals surface area (Å²) in [6.45, 7) is 2.36. The highest BCUT2D eigenvalue weighted by molar-refractivity contribution is 5.82. The number of H-pyrrole nitrogens is 1. The van der Waals surface area contributed by atoms with Gasteiger partial charge in [-0.3, -0.25) is 0 Å². The second-order valence-corrected chi connectivity index (χ2v) is 4.87. The van der Waals surface area contributed by atoms with Crippen molar-refractivity contribution < 1.29 is 0 Å². The van der Waals surface area contributed by atoms with E-state index in [1.54, 1.807) is 0 Å². The quantitative estimate of drug-likeness (QED) is 0.774. The fourth-order valence-electron chi connectivity index (χ4n) is 2.48. The lowest BCUT2D eigenvalue weighted by molar-refractivity contribution is 0.675. The van der Waals surface area contributed by atoms with E-state index in [0.717, 1.165) is 11.8 Å². The summed E-state index contributed by atoms with van der Waals surface area (Å²) in [6, 6.07) is 8.58. The Balaban J connectivity index is 1.79. The highest BCUT2D eigenvalue weighted by atomic mass is 14.7. The van der Waals surface area contributed by atoms with Crippen molar-refractivity contribution in [2.45, 2.75) is 26.2 Å². The van der Waals surface area contributed by atoms with Crippen LogP contribution in [-0.4, -0.2) is 4.98 Å². The van der Waals surface area contributed by atoms with Crippen molar-refractivity contribution in [2.24, 2.45) is 11.8 Å². The molecule has 1 aromatic heterocycles. The number of hydrogen-bond acceptors (Lipinski definition) is 0. The molecule has 1 nitrogen and oxygen atoms in total. The van der Waals surface area contributed by atoms with Gasteiger partial charge in [0.2, 0.25) is 0 Å². The molecule has 2 unspecified atom stereocenters. The van der Waals surface area contributed by atoms with E-state index in [2.05, 4.69) is 42.4 Å². The number of fused-ring (bicyclic) bond motifs is 1. The molecule has 78 valence electrons. The third-order valence-electron chi connectivity index (χ3n) is 3.74. The number of aromatic nitrogens is 1. The maximum absolute atomic E-state index is 3.34. The lowest BCUT2D eigenvalue weighted by Gasteiger charge is -1.98. The van der Waals surface area contributed by atoms with Crippen LogP contribution in [0.2, 0.25) is 0 Å². The van der Waals surface area contributed by atoms with Gasteiger partial charge in [0.15, 0.2) is 0 Å². The first-order valence-electron chi connectivity index (χ1n) is 5.89. The van der Waals surface area contributed by atoms with Crippen LogP contribution in [0.3, 0.4) is 0 Å². The van der Waals surface area contributed by atoms with Gasteiger partial charge in [-0.1, -0.05) is 25.1 Å². The van der Waals surface area contributed by atoms with Crippen LogP contribution in [0.25, 0.3) is 10.9 Å². The van der Waals surface area contributed by atoms with E-state index in [0.29, 0.717) is 0 Å². The van der Waals surface area contributed by atoms with E-state index >= 15 is 0 Å². The van der Waals surface area contributed by atoms with Gasteiger partial charge in [-0.25, -0.2) is 0 Å². The molecule has 2 atom stereocenters. The van der Waals surface area contributed by atoms with E-state index in [4.69, 9.17) is 0 Å². The predicted molar refractivity (Wildman–Crippen MR) is 63.9 cm³/mol. The molecule has 1 aromatic carbocycles. The number of hydrogen-bond donors (Lipinski definition) is 1. The van der Waals surface area contributed by atoms with Crippen molar-refractivity contribution >= 4 is 10.9 Å². The van der Waals surface area contributed by atoms with Crippen molar-refractivity contribution in [2.75, 3.05) is 0 Å². The molecule has 2 aromatic rings. The van der Waals surface area contributed by atoms with Gasteiger partial charge >= 0.3 is 0 Å². The SMILES string of the molecule is CC1CC1CCc1c[nH]c2ccccc12. The first-order valence-corrected chi connectivity index (χ1v) is 5.89. The van der Waals surface area contributed by atoms with Crippen molar-refractivity contribution in [3.05, 3.63) is 36.0 Å². The summed E-state index contributed by atoms with van der Waals surface area (Å²) < 4.78 is 0. The molecule has 1 fully saturated rings. The third-order valence-corrected chi connectivity index (χ3v) is 3.74. The molecule has 0 radical (unpaired) electrons. The van der Waals surface area contributed by atoms with E-state index in [1.165, 1.54) is 35.7 Å². The van der Waals surface area contributed by atoms with E-state index in [1.807, 2.05) is 0 Å². The van der Waals surface area contributed by atoms with Crippen LogP contribution < -0.4 is 0 Å². The third kappa shape index (κ3) is 1.67. The molecule has 0 spiro atoms. The normalized spacial score (nSPS) is 24.6. The van der Waals surface area contributed by atoms with E-state index in [9.17, 15) is 0 Å². The molecule has 1 aliphatic rings. The average molecular weight is 199 g/mol. The predicted octanol–water partition coefficient (Wildman–Crippen LogP) is 3.76. The van der Waals surface area contributed by atoms with Crippen LogP contribution in [-0.2, 0) is 6.42 Å². The number of benzene rings is 1. The van der Waals surface area contributed by atoms with Gasteiger partial charge in [-0.15, -0.1) is 0 Å². The number of aromatic amines is 1. The molecule has 0 bridgehead atoms. The molecule has 0 aliphatic heterocycles. The standard InChI is InChI=1S/C14H17N/c1-10-8-11(10)6-7-12-9-15-14-5-3-2-4-13(12)14/h2-5,9-11,15H,6-8H2,1H3. The van der Waals surface area contributed by atoms with Crippen molar-refractivity contribution in [1.29, 1.82) is 0 Å². The number of rotatable bonds is 3. The van der Waals surface area contributed by atoms with Gasteiger partial charge in [-0.2, -0.15) is 0 Å². The van der Waals surface area contributed by atoms with Crippen LogP contribution in [0.1, 0.15) is 25.3 Å². The van der Waals surface area contributed by atoms with E-state index < -0.39 is 0 Å². The fraction of sp³-hybridized carbons (Fsp3) is 0.429. The summed E-state index contributed by atoms with van der Waals surface area (Å²) in [5, 5.41) is 1.41. The van der Waals surface area contributed by atoms with Crippen LogP contribution in [0.4, 0.5) is 0 Å². The summed E-state index contributed by atoms with van der Waals surface area (Å²) in [6.07, 6.45) is 6.22. The maximum Gasteiger partial charge on any atom is 0.0456 e. The highest BCUT2D eigenvalue weighted by Gasteiger charge is 2.31. The molecule has 1 aliphatic carbocycles. The van der Waals surface area contributed by atoms with Crippen LogP contribution in [0.15, 0.2) is 30.5 Å². The van der Waals surface area contributed by atoms with Crippen molar-refractivity contribution in [3.8, 4) is 0 Å². The zero-order valence-corrected chi connectivity index (χ0v) is 9.16. The monoisotopic (exact) mass is 199 g/mol. The lowest BCUT2D eigenvalue weighted by Crippen LogP contribution is -1.86. The molecule has 1 heterocycles. The summed E-state index contributed by atoms with van der Waals surface area (Å²) in [7, 11) is 0. The molecular formula is C14H17N. The Hall–Kier alpha value is -1.24. The number of para-hydroxylation sites is 1. The molecular weight excluding hydrogens is 182 g/mol. The molecule has 3 rings (SSSR count). The maximum atomic E-state index is 3.34. The van der Waals surface area contributed by atoms with Crippen molar-refractivity contribution in [1.82, 2.24) is 4.98 Å².